The monoisotopic (exact) mass is 427 g/mol. The number of hydrogen-bond acceptors (Lipinski definition) is 3. The smallest absolute Gasteiger partial charge is 0.227 e. The first-order chi connectivity index (χ1) is 14.5. The molecule has 0 aromatic heterocycles. The number of ether oxygens (including phenoxy) is 2. The molecule has 3 rings (SSSR count). The fourth-order valence-electron chi connectivity index (χ4n) is 3.01. The van der Waals surface area contributed by atoms with Crippen LogP contribution in [0, 0.1) is 5.82 Å². The number of halogens is 2. The van der Waals surface area contributed by atoms with E-state index < -0.39 is 5.82 Å². The molecule has 0 heterocycles. The molecule has 156 valence electrons. The van der Waals surface area contributed by atoms with Crippen molar-refractivity contribution in [1.29, 1.82) is 0 Å². The van der Waals surface area contributed by atoms with Gasteiger partial charge >= 0.3 is 0 Å². The lowest BCUT2D eigenvalue weighted by Crippen LogP contribution is -2.28. The molecule has 0 spiro atoms. The van der Waals surface area contributed by atoms with Crippen LogP contribution in [0.5, 0.6) is 11.5 Å². The molecule has 0 saturated heterocycles. The van der Waals surface area contributed by atoms with E-state index in [1.807, 2.05) is 48.5 Å². The van der Waals surface area contributed by atoms with Gasteiger partial charge in [0.2, 0.25) is 5.91 Å². The van der Waals surface area contributed by atoms with Gasteiger partial charge in [-0.05, 0) is 35.4 Å². The lowest BCUT2D eigenvalue weighted by molar-refractivity contribution is -0.129. The van der Waals surface area contributed by atoms with Crippen molar-refractivity contribution in [3.63, 3.8) is 0 Å². The molecule has 0 fully saturated rings. The minimum atomic E-state index is -0.481. The summed E-state index contributed by atoms with van der Waals surface area (Å²) in [5.41, 5.74) is 2.13. The van der Waals surface area contributed by atoms with Gasteiger partial charge in [0.15, 0.2) is 11.5 Å². The van der Waals surface area contributed by atoms with Gasteiger partial charge in [0.1, 0.15) is 12.4 Å². The Morgan fingerprint density at radius 3 is 2.47 bits per heavy atom. The Labute approximate surface area is 180 Å². The van der Waals surface area contributed by atoms with Crippen LogP contribution in [0.1, 0.15) is 16.7 Å². The Kier molecular flexibility index (Phi) is 7.31. The average molecular weight is 428 g/mol. The SMILES string of the molecule is COc1cc(CN(C)C(=O)Cc2c(F)cccc2Cl)ccc1OCc1ccccc1. The largest absolute Gasteiger partial charge is 0.493 e. The third-order valence-corrected chi connectivity index (χ3v) is 5.05. The molecule has 0 aliphatic carbocycles. The van der Waals surface area contributed by atoms with E-state index in [4.69, 9.17) is 21.1 Å². The first-order valence-corrected chi connectivity index (χ1v) is 9.86. The summed E-state index contributed by atoms with van der Waals surface area (Å²) in [5.74, 6) is 0.495. The van der Waals surface area contributed by atoms with E-state index in [9.17, 15) is 9.18 Å². The van der Waals surface area contributed by atoms with Crippen LogP contribution in [-0.4, -0.2) is 25.0 Å². The summed E-state index contributed by atoms with van der Waals surface area (Å²) in [7, 11) is 3.24. The normalized spacial score (nSPS) is 10.5. The second-order valence-corrected chi connectivity index (χ2v) is 7.29. The van der Waals surface area contributed by atoms with Gasteiger partial charge in [0.05, 0.1) is 13.5 Å². The van der Waals surface area contributed by atoms with Gasteiger partial charge in [-0.3, -0.25) is 4.79 Å². The van der Waals surface area contributed by atoms with Crippen molar-refractivity contribution < 1.29 is 18.7 Å². The second kappa shape index (κ2) is 10.1. The summed E-state index contributed by atoms with van der Waals surface area (Å²) in [6.07, 6.45) is -0.0998. The quantitative estimate of drug-likeness (QED) is 0.491. The van der Waals surface area contributed by atoms with E-state index in [0.717, 1.165) is 11.1 Å². The highest BCUT2D eigenvalue weighted by Gasteiger charge is 2.16. The predicted octanol–water partition coefficient (Wildman–Crippen LogP) is 5.27. The van der Waals surface area contributed by atoms with Crippen LogP contribution in [-0.2, 0) is 24.4 Å². The van der Waals surface area contributed by atoms with Crippen molar-refractivity contribution in [3.8, 4) is 11.5 Å². The lowest BCUT2D eigenvalue weighted by atomic mass is 10.1. The molecule has 0 saturated carbocycles. The minimum absolute atomic E-state index is 0.0998. The van der Waals surface area contributed by atoms with Crippen LogP contribution in [0.2, 0.25) is 5.02 Å². The molecular weight excluding hydrogens is 405 g/mol. The molecule has 0 bridgehead atoms. The molecule has 0 atom stereocenters. The van der Waals surface area contributed by atoms with Gasteiger partial charge in [-0.25, -0.2) is 4.39 Å². The van der Waals surface area contributed by atoms with Crippen molar-refractivity contribution in [2.75, 3.05) is 14.2 Å². The molecule has 0 radical (unpaired) electrons. The van der Waals surface area contributed by atoms with Crippen LogP contribution in [0.15, 0.2) is 66.7 Å². The first-order valence-electron chi connectivity index (χ1n) is 9.48. The average Bonchev–Trinajstić information content (AvgIpc) is 2.76. The summed E-state index contributed by atoms with van der Waals surface area (Å²) in [6.45, 7) is 0.776. The zero-order valence-corrected chi connectivity index (χ0v) is 17.7. The number of nitrogens with zero attached hydrogens (tertiary/aromatic N) is 1. The van der Waals surface area contributed by atoms with Crippen molar-refractivity contribution in [2.45, 2.75) is 19.6 Å². The van der Waals surface area contributed by atoms with Crippen LogP contribution >= 0.6 is 11.6 Å². The fourth-order valence-corrected chi connectivity index (χ4v) is 3.24. The first kappa shape index (κ1) is 21.7. The van der Waals surface area contributed by atoms with Crippen LogP contribution in [0.25, 0.3) is 0 Å². The summed E-state index contributed by atoms with van der Waals surface area (Å²) in [4.78, 5) is 14.1. The van der Waals surface area contributed by atoms with Crippen LogP contribution in [0.4, 0.5) is 4.39 Å². The Morgan fingerprint density at radius 1 is 1.00 bits per heavy atom. The highest BCUT2D eigenvalue weighted by atomic mass is 35.5. The Hall–Kier alpha value is -3.05. The number of hydrogen-bond donors (Lipinski definition) is 0. The Balaban J connectivity index is 1.65. The van der Waals surface area contributed by atoms with Gasteiger partial charge in [0.25, 0.3) is 0 Å². The molecule has 1 amide bonds. The fraction of sp³-hybridized carbons (Fsp3) is 0.208. The number of carbonyl (C=O) groups is 1. The number of methoxy groups -OCH3 is 1. The summed E-state index contributed by atoms with van der Waals surface area (Å²) in [5, 5.41) is 0.248. The van der Waals surface area contributed by atoms with E-state index in [1.165, 1.54) is 17.0 Å². The molecule has 6 heteroatoms. The third kappa shape index (κ3) is 5.51. The molecule has 0 N–H and O–H groups in total. The van der Waals surface area contributed by atoms with Crippen molar-refractivity contribution in [1.82, 2.24) is 4.90 Å². The highest BCUT2D eigenvalue weighted by Crippen LogP contribution is 2.29. The van der Waals surface area contributed by atoms with Crippen molar-refractivity contribution in [3.05, 3.63) is 94.3 Å². The number of benzene rings is 3. The van der Waals surface area contributed by atoms with Crippen molar-refractivity contribution in [2.24, 2.45) is 0 Å². The molecule has 3 aromatic carbocycles. The number of amides is 1. The zero-order chi connectivity index (χ0) is 21.5. The molecule has 3 aromatic rings. The van der Waals surface area contributed by atoms with Crippen molar-refractivity contribution >= 4 is 17.5 Å². The molecule has 0 unspecified atom stereocenters. The van der Waals surface area contributed by atoms with Crippen LogP contribution in [0.3, 0.4) is 0 Å². The van der Waals surface area contributed by atoms with Gasteiger partial charge in [-0.15, -0.1) is 0 Å². The number of rotatable bonds is 8. The van der Waals surface area contributed by atoms with Gasteiger partial charge in [-0.1, -0.05) is 54.1 Å². The topological polar surface area (TPSA) is 38.8 Å². The standard InChI is InChI=1S/C24H23ClFNO3/c1-27(24(28)14-19-20(25)9-6-10-21(19)26)15-18-11-12-22(23(13-18)29-2)30-16-17-7-4-3-5-8-17/h3-13H,14-16H2,1-2H3. The van der Waals surface area contributed by atoms with E-state index in [2.05, 4.69) is 0 Å². The van der Waals surface area contributed by atoms with Crippen LogP contribution < -0.4 is 9.47 Å². The maximum absolute atomic E-state index is 14.0. The van der Waals surface area contributed by atoms with E-state index in [0.29, 0.717) is 24.7 Å². The lowest BCUT2D eigenvalue weighted by Gasteiger charge is -2.19. The van der Waals surface area contributed by atoms with E-state index >= 15 is 0 Å². The molecule has 30 heavy (non-hydrogen) atoms. The maximum atomic E-state index is 14.0. The maximum Gasteiger partial charge on any atom is 0.227 e. The number of carbonyl (C=O) groups excluding carboxylic acids is 1. The minimum Gasteiger partial charge on any atom is -0.493 e. The van der Waals surface area contributed by atoms with Gasteiger partial charge in [-0.2, -0.15) is 0 Å². The van der Waals surface area contributed by atoms with Gasteiger partial charge < -0.3 is 14.4 Å². The zero-order valence-electron chi connectivity index (χ0n) is 16.9. The van der Waals surface area contributed by atoms with E-state index in [1.54, 1.807) is 20.2 Å². The second-order valence-electron chi connectivity index (χ2n) is 6.89. The van der Waals surface area contributed by atoms with Gasteiger partial charge in [0, 0.05) is 24.2 Å². The molecule has 0 aliphatic rings. The molecule has 4 nitrogen and oxygen atoms in total. The predicted molar refractivity (Wildman–Crippen MR) is 115 cm³/mol. The summed E-state index contributed by atoms with van der Waals surface area (Å²) in [6, 6.07) is 19.8. The number of likely N-dealkylation sites (N-methyl/N-ethyl adjacent to an activating group) is 1. The molecule has 0 aliphatic heterocycles. The van der Waals surface area contributed by atoms with E-state index in [-0.39, 0.29) is 22.9 Å². The third-order valence-electron chi connectivity index (χ3n) is 4.70. The Morgan fingerprint density at radius 2 is 1.77 bits per heavy atom. The Bertz CT molecular complexity index is 990. The summed E-state index contributed by atoms with van der Waals surface area (Å²) < 4.78 is 25.3. The molecular formula is C24H23ClFNO3. The highest BCUT2D eigenvalue weighted by molar-refractivity contribution is 6.31. The summed E-state index contributed by atoms with van der Waals surface area (Å²) >= 11 is 6.03.